The monoisotopic (exact) mass is 316 g/mol. The van der Waals surface area contributed by atoms with E-state index in [1.165, 1.54) is 11.8 Å². The minimum atomic E-state index is 0.0454. The third kappa shape index (κ3) is 2.70. The summed E-state index contributed by atoms with van der Waals surface area (Å²) in [5, 5.41) is 15.0. The number of aryl methyl sites for hydroxylation is 1. The number of benzene rings is 1. The van der Waals surface area contributed by atoms with Crippen molar-refractivity contribution in [3.63, 3.8) is 0 Å². The second kappa shape index (κ2) is 5.71. The first kappa shape index (κ1) is 13.8. The number of rotatable bonds is 3. The quantitative estimate of drug-likeness (QED) is 0.335. The number of oxime groups is 1. The zero-order chi connectivity index (χ0) is 14.8. The molecule has 0 atom stereocenters. The molecule has 0 unspecified atom stereocenters. The van der Waals surface area contributed by atoms with Gasteiger partial charge in [0.25, 0.3) is 0 Å². The molecule has 106 valence electrons. The lowest BCUT2D eigenvalue weighted by Crippen LogP contribution is -2.14. The van der Waals surface area contributed by atoms with Gasteiger partial charge in [-0.15, -0.1) is 11.3 Å². The lowest BCUT2D eigenvalue weighted by Gasteiger charge is -2.09. The molecule has 5 nitrogen and oxygen atoms in total. The number of thiazole rings is 1. The Morgan fingerprint density at radius 3 is 2.90 bits per heavy atom. The summed E-state index contributed by atoms with van der Waals surface area (Å²) in [4.78, 5) is 9.71. The van der Waals surface area contributed by atoms with E-state index in [0.717, 1.165) is 25.8 Å². The van der Waals surface area contributed by atoms with Crippen molar-refractivity contribution in [3.05, 3.63) is 47.1 Å². The Morgan fingerprint density at radius 1 is 1.38 bits per heavy atom. The van der Waals surface area contributed by atoms with Crippen molar-refractivity contribution in [2.24, 2.45) is 10.9 Å². The summed E-state index contributed by atoms with van der Waals surface area (Å²) < 4.78 is 0.913. The predicted molar refractivity (Wildman–Crippen MR) is 85.2 cm³/mol. The van der Waals surface area contributed by atoms with Crippen molar-refractivity contribution < 1.29 is 5.21 Å². The summed E-state index contributed by atoms with van der Waals surface area (Å²) in [5.74, 6) is 0.0454. The number of para-hydroxylation sites is 1. The Morgan fingerprint density at radius 2 is 2.19 bits per heavy atom. The average molecular weight is 316 g/mol. The highest BCUT2D eigenvalue weighted by atomic mass is 32.2. The van der Waals surface area contributed by atoms with Crippen LogP contribution in [-0.4, -0.2) is 21.0 Å². The van der Waals surface area contributed by atoms with E-state index in [9.17, 15) is 0 Å². The van der Waals surface area contributed by atoms with Crippen molar-refractivity contribution in [3.8, 4) is 0 Å². The van der Waals surface area contributed by atoms with Crippen LogP contribution in [0.4, 0.5) is 0 Å². The Bertz CT molecular complexity index is 829. The Balaban J connectivity index is 2.20. The molecular weight excluding hydrogens is 304 g/mol. The molecule has 0 amide bonds. The number of nitrogens with two attached hydrogens (primary N) is 1. The lowest BCUT2D eigenvalue weighted by atomic mass is 10.1. The summed E-state index contributed by atoms with van der Waals surface area (Å²) >= 11 is 3.07. The molecule has 0 saturated heterocycles. The van der Waals surface area contributed by atoms with Crippen LogP contribution >= 0.6 is 23.1 Å². The fourth-order valence-electron chi connectivity index (χ4n) is 1.93. The van der Waals surface area contributed by atoms with E-state index in [1.807, 2.05) is 36.6 Å². The fourth-order valence-corrected chi connectivity index (χ4v) is 3.95. The van der Waals surface area contributed by atoms with Gasteiger partial charge >= 0.3 is 0 Å². The van der Waals surface area contributed by atoms with E-state index in [0.29, 0.717) is 5.56 Å². The predicted octanol–water partition coefficient (Wildman–Crippen LogP) is 3.25. The number of aromatic nitrogens is 2. The third-order valence-electron chi connectivity index (χ3n) is 2.90. The van der Waals surface area contributed by atoms with Crippen LogP contribution in [0.15, 0.2) is 50.2 Å². The average Bonchev–Trinajstić information content (AvgIpc) is 2.92. The highest BCUT2D eigenvalue weighted by Crippen LogP contribution is 2.36. The molecule has 3 aromatic rings. The van der Waals surface area contributed by atoms with E-state index in [1.54, 1.807) is 17.5 Å². The molecule has 2 heterocycles. The van der Waals surface area contributed by atoms with Gasteiger partial charge in [-0.1, -0.05) is 35.1 Å². The summed E-state index contributed by atoms with van der Waals surface area (Å²) in [5.41, 5.74) is 8.22. The van der Waals surface area contributed by atoms with Gasteiger partial charge in [0, 0.05) is 27.6 Å². The minimum Gasteiger partial charge on any atom is -0.409 e. The normalized spacial score (nSPS) is 12.0. The fraction of sp³-hybridized carbons (Fsp3) is 0.0714. The van der Waals surface area contributed by atoms with Gasteiger partial charge in [0.15, 0.2) is 10.2 Å². The number of nitrogens with zero attached hydrogens (tertiary/aromatic N) is 3. The molecule has 2 aromatic heterocycles. The summed E-state index contributed by atoms with van der Waals surface area (Å²) in [6.45, 7) is 1.95. The smallest absolute Gasteiger partial charge is 0.172 e. The van der Waals surface area contributed by atoms with Crippen LogP contribution in [0, 0.1) is 6.92 Å². The highest BCUT2D eigenvalue weighted by Gasteiger charge is 2.15. The maximum atomic E-state index is 8.97. The van der Waals surface area contributed by atoms with Crippen molar-refractivity contribution in [2.75, 3.05) is 0 Å². The van der Waals surface area contributed by atoms with Crippen LogP contribution in [0.1, 0.15) is 11.3 Å². The van der Waals surface area contributed by atoms with Crippen LogP contribution in [0.5, 0.6) is 0 Å². The first-order valence-electron chi connectivity index (χ1n) is 6.14. The van der Waals surface area contributed by atoms with Crippen molar-refractivity contribution in [1.29, 1.82) is 0 Å². The first-order chi connectivity index (χ1) is 10.2. The van der Waals surface area contributed by atoms with Gasteiger partial charge in [-0.25, -0.2) is 4.98 Å². The second-order valence-corrected chi connectivity index (χ2v) is 6.48. The zero-order valence-corrected chi connectivity index (χ0v) is 12.8. The van der Waals surface area contributed by atoms with Crippen molar-refractivity contribution >= 4 is 39.8 Å². The molecule has 0 saturated carbocycles. The molecule has 1 aromatic carbocycles. The number of hydrogen-bond donors (Lipinski definition) is 2. The summed E-state index contributed by atoms with van der Waals surface area (Å²) in [6, 6.07) is 7.78. The van der Waals surface area contributed by atoms with E-state index >= 15 is 0 Å². The maximum Gasteiger partial charge on any atom is 0.172 e. The number of hydrogen-bond acceptors (Lipinski definition) is 6. The minimum absolute atomic E-state index is 0.0454. The Hall–Kier alpha value is -2.12. The van der Waals surface area contributed by atoms with Crippen LogP contribution < -0.4 is 5.73 Å². The summed E-state index contributed by atoms with van der Waals surface area (Å²) in [6.07, 6.45) is 1.63. The van der Waals surface area contributed by atoms with Gasteiger partial charge in [0.05, 0.1) is 11.1 Å². The molecule has 0 aliphatic carbocycles. The molecule has 0 bridgehead atoms. The molecule has 21 heavy (non-hydrogen) atoms. The molecule has 0 fully saturated rings. The van der Waals surface area contributed by atoms with Crippen molar-refractivity contribution in [2.45, 2.75) is 16.2 Å². The third-order valence-corrected chi connectivity index (χ3v) is 5.10. The first-order valence-corrected chi connectivity index (χ1v) is 7.84. The number of fused-ring (bicyclic) bond motifs is 1. The van der Waals surface area contributed by atoms with Gasteiger partial charge in [-0.05, 0) is 13.0 Å². The standard InChI is InChI=1S/C14H12N4OS2/c1-8-7-20-14(17-8)21-12-9-4-2-3-5-11(9)16-6-10(12)13(15)18-19/h2-7,19H,1H3,(H2,15,18). The van der Waals surface area contributed by atoms with Crippen LogP contribution in [0.25, 0.3) is 10.9 Å². The van der Waals surface area contributed by atoms with Crippen LogP contribution in [0.2, 0.25) is 0 Å². The van der Waals surface area contributed by atoms with Gasteiger partial charge in [0.2, 0.25) is 0 Å². The van der Waals surface area contributed by atoms with Crippen molar-refractivity contribution in [1.82, 2.24) is 9.97 Å². The van der Waals surface area contributed by atoms with E-state index in [2.05, 4.69) is 15.1 Å². The molecule has 0 aliphatic rings. The second-order valence-electron chi connectivity index (χ2n) is 4.36. The van der Waals surface area contributed by atoms with Gasteiger partial charge < -0.3 is 10.9 Å². The molecule has 0 spiro atoms. The molecule has 7 heteroatoms. The molecular formula is C14H12N4OS2. The largest absolute Gasteiger partial charge is 0.409 e. The van der Waals surface area contributed by atoms with E-state index in [-0.39, 0.29) is 5.84 Å². The SMILES string of the molecule is Cc1csc(Sc2c(/C(N)=N/O)cnc3ccccc23)n1. The molecule has 0 radical (unpaired) electrons. The molecule has 3 N–H and O–H groups in total. The summed E-state index contributed by atoms with van der Waals surface area (Å²) in [7, 11) is 0. The number of pyridine rings is 1. The molecule has 3 rings (SSSR count). The van der Waals surface area contributed by atoms with Gasteiger partial charge in [-0.3, -0.25) is 4.98 Å². The number of amidine groups is 1. The van der Waals surface area contributed by atoms with E-state index < -0.39 is 0 Å². The Kier molecular flexibility index (Phi) is 3.76. The van der Waals surface area contributed by atoms with Crippen LogP contribution in [-0.2, 0) is 0 Å². The van der Waals surface area contributed by atoms with Gasteiger partial charge in [0.1, 0.15) is 0 Å². The molecule has 0 aliphatic heterocycles. The highest BCUT2D eigenvalue weighted by molar-refractivity contribution is 8.01. The van der Waals surface area contributed by atoms with Gasteiger partial charge in [-0.2, -0.15) is 0 Å². The van der Waals surface area contributed by atoms with Crippen LogP contribution in [0.3, 0.4) is 0 Å². The maximum absolute atomic E-state index is 8.97. The zero-order valence-electron chi connectivity index (χ0n) is 11.1. The Labute approximate surface area is 129 Å². The lowest BCUT2D eigenvalue weighted by molar-refractivity contribution is 0.318. The van der Waals surface area contributed by atoms with E-state index in [4.69, 9.17) is 10.9 Å². The topological polar surface area (TPSA) is 84.4 Å².